The highest BCUT2D eigenvalue weighted by atomic mass is 16.6. The number of nitrogens with one attached hydrogen (secondary N) is 1. The van der Waals surface area contributed by atoms with E-state index in [1.165, 1.54) is 12.8 Å². The molecule has 1 aromatic rings. The van der Waals surface area contributed by atoms with Crippen molar-refractivity contribution in [3.05, 3.63) is 15.8 Å². The van der Waals surface area contributed by atoms with E-state index < -0.39 is 0 Å². The second kappa shape index (κ2) is 5.38. The van der Waals surface area contributed by atoms with Crippen molar-refractivity contribution >= 4 is 17.5 Å². The van der Waals surface area contributed by atoms with E-state index in [1.54, 1.807) is 14.0 Å². The third-order valence-electron chi connectivity index (χ3n) is 3.30. The Morgan fingerprint density at radius 1 is 1.47 bits per heavy atom. The highest BCUT2D eigenvalue weighted by Crippen LogP contribution is 2.35. The summed E-state index contributed by atoms with van der Waals surface area (Å²) in [6.45, 7) is 5.17. The summed E-state index contributed by atoms with van der Waals surface area (Å²) in [5, 5.41) is 14.1. The fourth-order valence-corrected chi connectivity index (χ4v) is 2.08. The van der Waals surface area contributed by atoms with Crippen molar-refractivity contribution in [2.75, 3.05) is 30.4 Å². The van der Waals surface area contributed by atoms with Crippen LogP contribution in [-0.2, 0) is 0 Å². The van der Waals surface area contributed by atoms with E-state index >= 15 is 0 Å². The average molecular weight is 265 g/mol. The van der Waals surface area contributed by atoms with Crippen molar-refractivity contribution in [2.45, 2.75) is 26.7 Å². The molecule has 1 aliphatic carbocycles. The molecule has 1 aromatic heterocycles. The van der Waals surface area contributed by atoms with E-state index in [-0.39, 0.29) is 10.6 Å². The summed E-state index contributed by atoms with van der Waals surface area (Å²) in [5.74, 6) is 1.50. The zero-order valence-corrected chi connectivity index (χ0v) is 11.5. The van der Waals surface area contributed by atoms with Gasteiger partial charge in [-0.3, -0.25) is 10.1 Å². The quantitative estimate of drug-likeness (QED) is 0.625. The van der Waals surface area contributed by atoms with Crippen molar-refractivity contribution in [1.29, 1.82) is 0 Å². The molecular weight excluding hydrogens is 246 g/mol. The molecule has 0 unspecified atom stereocenters. The first-order chi connectivity index (χ1) is 9.06. The van der Waals surface area contributed by atoms with E-state index in [4.69, 9.17) is 0 Å². The van der Waals surface area contributed by atoms with Gasteiger partial charge >= 0.3 is 5.69 Å². The second-order valence-corrected chi connectivity index (χ2v) is 4.79. The minimum atomic E-state index is -0.389. The van der Waals surface area contributed by atoms with Gasteiger partial charge in [-0.1, -0.05) is 0 Å². The van der Waals surface area contributed by atoms with Gasteiger partial charge in [0.05, 0.1) is 4.92 Å². The standard InChI is InChI=1S/C12H19N5O2/c1-4-16(7-9-5-6-9)11-10(17(18)19)8(2)14-12(13-3)15-11/h9H,4-7H2,1-3H3,(H,13,14,15). The highest BCUT2D eigenvalue weighted by Gasteiger charge is 2.30. The lowest BCUT2D eigenvalue weighted by molar-refractivity contribution is -0.385. The summed E-state index contributed by atoms with van der Waals surface area (Å²) >= 11 is 0. The first-order valence-electron chi connectivity index (χ1n) is 6.52. The van der Waals surface area contributed by atoms with E-state index in [0.717, 1.165) is 6.54 Å². The SMILES string of the molecule is CCN(CC1CC1)c1nc(NC)nc(C)c1[N+](=O)[O-]. The Balaban J connectivity index is 2.43. The molecule has 1 fully saturated rings. The first kappa shape index (κ1) is 13.5. The maximum atomic E-state index is 11.2. The summed E-state index contributed by atoms with van der Waals surface area (Å²) in [6.07, 6.45) is 2.40. The van der Waals surface area contributed by atoms with Crippen LogP contribution in [0.4, 0.5) is 17.5 Å². The highest BCUT2D eigenvalue weighted by molar-refractivity contribution is 5.62. The lowest BCUT2D eigenvalue weighted by Gasteiger charge is -2.22. The molecule has 0 aromatic carbocycles. The zero-order valence-electron chi connectivity index (χ0n) is 11.5. The number of hydrogen-bond acceptors (Lipinski definition) is 6. The molecule has 0 spiro atoms. The molecule has 0 amide bonds. The third kappa shape index (κ3) is 2.91. The lowest BCUT2D eigenvalue weighted by atomic mass is 10.3. The Morgan fingerprint density at radius 2 is 2.16 bits per heavy atom. The van der Waals surface area contributed by atoms with Crippen molar-refractivity contribution in [3.63, 3.8) is 0 Å². The molecule has 1 heterocycles. The van der Waals surface area contributed by atoms with Gasteiger partial charge in [-0.05, 0) is 32.6 Å². The predicted molar refractivity (Wildman–Crippen MR) is 73.6 cm³/mol. The number of anilines is 2. The van der Waals surface area contributed by atoms with Gasteiger partial charge in [-0.25, -0.2) is 4.98 Å². The molecule has 19 heavy (non-hydrogen) atoms. The zero-order chi connectivity index (χ0) is 14.0. The Hall–Kier alpha value is -1.92. The number of hydrogen-bond donors (Lipinski definition) is 1. The molecule has 0 aliphatic heterocycles. The first-order valence-corrected chi connectivity index (χ1v) is 6.52. The van der Waals surface area contributed by atoms with Crippen molar-refractivity contribution in [3.8, 4) is 0 Å². The Morgan fingerprint density at radius 3 is 2.63 bits per heavy atom. The number of aromatic nitrogens is 2. The van der Waals surface area contributed by atoms with Crippen molar-refractivity contribution in [2.24, 2.45) is 5.92 Å². The summed E-state index contributed by atoms with van der Waals surface area (Å²) in [4.78, 5) is 21.2. The molecule has 0 bridgehead atoms. The summed E-state index contributed by atoms with van der Waals surface area (Å²) in [6, 6.07) is 0. The Bertz CT molecular complexity index is 487. The fourth-order valence-electron chi connectivity index (χ4n) is 2.08. The maximum absolute atomic E-state index is 11.2. The van der Waals surface area contributed by atoms with E-state index in [1.807, 2.05) is 11.8 Å². The van der Waals surface area contributed by atoms with Crippen LogP contribution in [0, 0.1) is 23.0 Å². The van der Waals surface area contributed by atoms with Crippen LogP contribution in [-0.4, -0.2) is 35.0 Å². The minimum Gasteiger partial charge on any atom is -0.357 e. The van der Waals surface area contributed by atoms with Crippen LogP contribution in [0.5, 0.6) is 0 Å². The van der Waals surface area contributed by atoms with Gasteiger partial charge < -0.3 is 10.2 Å². The molecule has 1 saturated carbocycles. The Labute approximate surface area is 112 Å². The monoisotopic (exact) mass is 265 g/mol. The van der Waals surface area contributed by atoms with Gasteiger partial charge in [0.1, 0.15) is 5.69 Å². The molecule has 1 N–H and O–H groups in total. The molecule has 104 valence electrons. The largest absolute Gasteiger partial charge is 0.357 e. The van der Waals surface area contributed by atoms with E-state index in [9.17, 15) is 10.1 Å². The molecule has 0 atom stereocenters. The molecule has 0 radical (unpaired) electrons. The third-order valence-corrected chi connectivity index (χ3v) is 3.30. The van der Waals surface area contributed by atoms with Crippen LogP contribution in [0.2, 0.25) is 0 Å². The molecule has 7 heteroatoms. The number of nitro groups is 1. The van der Waals surface area contributed by atoms with Crippen LogP contribution >= 0.6 is 0 Å². The van der Waals surface area contributed by atoms with Gasteiger partial charge in [0.2, 0.25) is 11.8 Å². The van der Waals surface area contributed by atoms with Gasteiger partial charge in [0.15, 0.2) is 0 Å². The number of nitrogens with zero attached hydrogens (tertiary/aromatic N) is 4. The van der Waals surface area contributed by atoms with E-state index in [2.05, 4.69) is 15.3 Å². The van der Waals surface area contributed by atoms with Crippen molar-refractivity contribution < 1.29 is 4.92 Å². The molecule has 7 nitrogen and oxygen atoms in total. The smallest absolute Gasteiger partial charge is 0.332 e. The van der Waals surface area contributed by atoms with Crippen LogP contribution in [0.25, 0.3) is 0 Å². The van der Waals surface area contributed by atoms with Crippen LogP contribution in [0.3, 0.4) is 0 Å². The van der Waals surface area contributed by atoms with Crippen LogP contribution in [0.15, 0.2) is 0 Å². The van der Waals surface area contributed by atoms with Crippen molar-refractivity contribution in [1.82, 2.24) is 9.97 Å². The summed E-state index contributed by atoms with van der Waals surface area (Å²) in [7, 11) is 1.71. The minimum absolute atomic E-state index is 0.0153. The molecular formula is C12H19N5O2. The average Bonchev–Trinajstić information content (AvgIpc) is 3.18. The molecule has 2 rings (SSSR count). The van der Waals surface area contributed by atoms with Gasteiger partial charge in [0, 0.05) is 20.1 Å². The summed E-state index contributed by atoms with van der Waals surface area (Å²) < 4.78 is 0. The Kier molecular flexibility index (Phi) is 3.82. The number of rotatable bonds is 6. The fraction of sp³-hybridized carbons (Fsp3) is 0.667. The second-order valence-electron chi connectivity index (χ2n) is 4.79. The van der Waals surface area contributed by atoms with Crippen LogP contribution < -0.4 is 10.2 Å². The molecule has 1 aliphatic rings. The van der Waals surface area contributed by atoms with E-state index in [0.29, 0.717) is 29.9 Å². The maximum Gasteiger partial charge on any atom is 0.332 e. The normalized spacial score (nSPS) is 14.3. The predicted octanol–water partition coefficient (Wildman–Crippen LogP) is 1.97. The lowest BCUT2D eigenvalue weighted by Crippen LogP contribution is -2.27. The van der Waals surface area contributed by atoms with Gasteiger partial charge in [-0.2, -0.15) is 4.98 Å². The topological polar surface area (TPSA) is 84.2 Å². The van der Waals surface area contributed by atoms with Gasteiger partial charge in [0.25, 0.3) is 0 Å². The number of aryl methyl sites for hydroxylation is 1. The van der Waals surface area contributed by atoms with Gasteiger partial charge in [-0.15, -0.1) is 0 Å². The molecule has 0 saturated heterocycles. The summed E-state index contributed by atoms with van der Waals surface area (Å²) in [5.41, 5.74) is 0.412. The van der Waals surface area contributed by atoms with Crippen LogP contribution in [0.1, 0.15) is 25.5 Å².